The van der Waals surface area contributed by atoms with Crippen molar-refractivity contribution < 1.29 is 13.2 Å². The first kappa shape index (κ1) is 12.4. The zero-order valence-corrected chi connectivity index (χ0v) is 12.4. The summed E-state index contributed by atoms with van der Waals surface area (Å²) < 4.78 is 40.7. The Morgan fingerprint density at radius 3 is 2.14 bits per heavy atom. The fourth-order valence-electron chi connectivity index (χ4n) is 7.55. The lowest BCUT2D eigenvalue weighted by Crippen LogP contribution is -3.06. The molecule has 2 N–H and O–H groups in total. The van der Waals surface area contributed by atoms with Crippen LogP contribution >= 0.6 is 0 Å². The van der Waals surface area contributed by atoms with Gasteiger partial charge in [0.25, 0.3) is 0 Å². The van der Waals surface area contributed by atoms with Crippen LogP contribution in [0, 0.1) is 46.8 Å². The zero-order valence-electron chi connectivity index (χ0n) is 12.4. The molecule has 0 spiro atoms. The fraction of sp³-hybridized carbons (Fsp3) is 0.812. The number of nitrogens with two attached hydrogens (primary N) is 1. The van der Waals surface area contributed by atoms with Crippen molar-refractivity contribution >= 4 is 0 Å². The van der Waals surface area contributed by atoms with E-state index in [-0.39, 0.29) is 17.5 Å². The van der Waals surface area contributed by atoms with Gasteiger partial charge in [-0.05, 0) is 55.3 Å². The number of nitrogens with zero attached hydrogens (tertiary/aromatic N) is 2. The highest BCUT2D eigenvalue weighted by Crippen LogP contribution is 3.07. The lowest BCUT2D eigenvalue weighted by molar-refractivity contribution is -0.620. The van der Waals surface area contributed by atoms with E-state index in [0.29, 0.717) is 23.6 Å². The molecule has 6 aliphatic rings. The molecule has 118 valence electrons. The third kappa shape index (κ3) is 0.847. The fourth-order valence-corrected chi connectivity index (χ4v) is 7.55. The standard InChI is InChI=1S/C16H18F3N3/c1-4(2)22-3-5(16(17,18)19)21-14(22)13(20)15-10-7-6-8(10)12(15)9(6)11(7)15/h3-4,6-13H,20H2,1-2H3. The van der Waals surface area contributed by atoms with Crippen LogP contribution in [0.1, 0.15) is 37.4 Å². The molecule has 6 aliphatic carbocycles. The van der Waals surface area contributed by atoms with Crippen molar-refractivity contribution in [3.8, 4) is 0 Å². The number of rotatable bonds is 3. The summed E-state index contributed by atoms with van der Waals surface area (Å²) in [5, 5.41) is 0. The minimum Gasteiger partial charge on any atom is -0.330 e. The van der Waals surface area contributed by atoms with Crippen molar-refractivity contribution in [3.05, 3.63) is 17.7 Å². The van der Waals surface area contributed by atoms with Crippen molar-refractivity contribution in [1.82, 2.24) is 9.55 Å². The van der Waals surface area contributed by atoms with E-state index in [0.717, 1.165) is 29.9 Å². The van der Waals surface area contributed by atoms with E-state index in [1.54, 1.807) is 4.57 Å². The van der Waals surface area contributed by atoms with Crippen LogP contribution in [0.25, 0.3) is 0 Å². The van der Waals surface area contributed by atoms with Crippen LogP contribution in [-0.4, -0.2) is 9.55 Å². The van der Waals surface area contributed by atoms with Crippen LogP contribution in [0.3, 0.4) is 0 Å². The van der Waals surface area contributed by atoms with E-state index in [1.807, 2.05) is 13.8 Å². The molecule has 6 fully saturated rings. The van der Waals surface area contributed by atoms with E-state index in [2.05, 4.69) is 4.98 Å². The normalized spacial score (nSPS) is 53.0. The van der Waals surface area contributed by atoms with Crippen molar-refractivity contribution in [2.75, 3.05) is 0 Å². The molecule has 0 bridgehead atoms. The zero-order chi connectivity index (χ0) is 15.3. The third-order valence-electron chi connectivity index (χ3n) is 7.98. The summed E-state index contributed by atoms with van der Waals surface area (Å²) in [5.41, 5.74) is 5.85. The second kappa shape index (κ2) is 2.99. The van der Waals surface area contributed by atoms with Gasteiger partial charge in [0.05, 0.1) is 6.04 Å². The van der Waals surface area contributed by atoms with Gasteiger partial charge in [-0.2, -0.15) is 13.2 Å². The van der Waals surface area contributed by atoms with Crippen LogP contribution in [0.15, 0.2) is 6.20 Å². The average molecular weight is 309 g/mol. The Kier molecular flexibility index (Phi) is 1.69. The number of aromatic nitrogens is 2. The van der Waals surface area contributed by atoms with Gasteiger partial charge in [-0.3, -0.25) is 0 Å². The number of imidazole rings is 1. The van der Waals surface area contributed by atoms with Gasteiger partial charge in [0.2, 0.25) is 0 Å². The second-order valence-corrected chi connectivity index (χ2v) is 8.35. The van der Waals surface area contributed by atoms with Gasteiger partial charge in [0.15, 0.2) is 5.69 Å². The van der Waals surface area contributed by atoms with Crippen molar-refractivity contribution in [2.45, 2.75) is 32.1 Å². The molecule has 1 atom stereocenters. The largest absolute Gasteiger partial charge is 0.434 e. The number of hydrogen-bond donors (Lipinski definition) is 1. The molecule has 0 aromatic carbocycles. The summed E-state index contributed by atoms with van der Waals surface area (Å²) in [4.78, 5) is 3.93. The molecule has 1 aromatic heterocycles. The molecule has 0 saturated heterocycles. The molecule has 0 radical (unpaired) electrons. The molecular formula is C16H18F3N3. The molecule has 6 saturated carbocycles. The molecule has 0 aliphatic heterocycles. The van der Waals surface area contributed by atoms with Crippen LogP contribution in [-0.2, 0) is 6.18 Å². The first-order valence-electron chi connectivity index (χ1n) is 8.22. The number of halogens is 3. The summed E-state index contributed by atoms with van der Waals surface area (Å²) >= 11 is 0. The van der Waals surface area contributed by atoms with E-state index in [1.165, 1.54) is 0 Å². The van der Waals surface area contributed by atoms with Gasteiger partial charge in [0.1, 0.15) is 5.82 Å². The molecule has 6 heteroatoms. The summed E-state index contributed by atoms with van der Waals surface area (Å²) in [7, 11) is 0. The maximum Gasteiger partial charge on any atom is 0.434 e. The van der Waals surface area contributed by atoms with Gasteiger partial charge in [0, 0.05) is 17.7 Å². The van der Waals surface area contributed by atoms with Crippen molar-refractivity contribution in [1.29, 1.82) is 0 Å². The monoisotopic (exact) mass is 309 g/mol. The van der Waals surface area contributed by atoms with E-state index in [4.69, 9.17) is 5.73 Å². The van der Waals surface area contributed by atoms with Gasteiger partial charge in [-0.15, -0.1) is 0 Å². The summed E-state index contributed by atoms with van der Waals surface area (Å²) in [6.07, 6.45) is -3.26. The summed E-state index contributed by atoms with van der Waals surface area (Å²) in [6.45, 7) is 3.77. The minimum absolute atomic E-state index is 0.0583. The summed E-state index contributed by atoms with van der Waals surface area (Å²) in [6, 6.07) is -0.381. The number of hydrogen-bond acceptors (Lipinski definition) is 2. The van der Waals surface area contributed by atoms with Crippen LogP contribution in [0.5, 0.6) is 0 Å². The topological polar surface area (TPSA) is 43.8 Å². The van der Waals surface area contributed by atoms with E-state index < -0.39 is 11.9 Å². The molecule has 22 heavy (non-hydrogen) atoms. The highest BCUT2D eigenvalue weighted by Gasteiger charge is 3.05. The quantitative estimate of drug-likeness (QED) is 0.933. The van der Waals surface area contributed by atoms with Crippen LogP contribution in [0.2, 0.25) is 0 Å². The highest BCUT2D eigenvalue weighted by atomic mass is 19.4. The Morgan fingerprint density at radius 1 is 1.14 bits per heavy atom. The first-order chi connectivity index (χ1) is 10.3. The predicted molar refractivity (Wildman–Crippen MR) is 71.4 cm³/mol. The smallest absolute Gasteiger partial charge is 0.330 e. The van der Waals surface area contributed by atoms with Gasteiger partial charge in [-0.1, -0.05) is 0 Å². The molecule has 1 aromatic rings. The Hall–Kier alpha value is -1.04. The van der Waals surface area contributed by atoms with Crippen LogP contribution < -0.4 is 5.73 Å². The van der Waals surface area contributed by atoms with Gasteiger partial charge < -0.3 is 10.3 Å². The number of alkyl halides is 3. The van der Waals surface area contributed by atoms with Crippen molar-refractivity contribution in [3.63, 3.8) is 0 Å². The lowest BCUT2D eigenvalue weighted by atomic mass is 8.96. The molecule has 3 nitrogen and oxygen atoms in total. The lowest BCUT2D eigenvalue weighted by Gasteiger charge is -3.08. The molecular weight excluding hydrogens is 291 g/mol. The van der Waals surface area contributed by atoms with E-state index in [9.17, 15) is 13.2 Å². The maximum absolute atomic E-state index is 13.0. The Bertz CT molecular complexity index is 668. The van der Waals surface area contributed by atoms with Gasteiger partial charge >= 0.3 is 6.18 Å². The Labute approximate surface area is 126 Å². The predicted octanol–water partition coefficient (Wildman–Crippen LogP) is 2.85. The second-order valence-electron chi connectivity index (χ2n) is 8.35. The van der Waals surface area contributed by atoms with Gasteiger partial charge in [-0.25, -0.2) is 4.98 Å². The molecule has 0 amide bonds. The highest BCUT2D eigenvalue weighted by molar-refractivity contribution is 5.52. The molecule has 1 heterocycles. The molecule has 1 unspecified atom stereocenters. The summed E-state index contributed by atoms with van der Waals surface area (Å²) in [5.74, 6) is 6.17. The van der Waals surface area contributed by atoms with E-state index >= 15 is 0 Å². The SMILES string of the molecule is CC(C)n1cc(C(F)(F)F)nc1C(N)C12C3C4C5C3C1C5C42. The maximum atomic E-state index is 13.0. The van der Waals surface area contributed by atoms with Crippen LogP contribution in [0.4, 0.5) is 13.2 Å². The minimum atomic E-state index is -4.40. The third-order valence-corrected chi connectivity index (χ3v) is 7.98. The Balaban J connectivity index is 1.41. The Morgan fingerprint density at radius 2 is 1.68 bits per heavy atom. The average Bonchev–Trinajstić information content (AvgIpc) is 2.92. The first-order valence-corrected chi connectivity index (χ1v) is 8.22. The molecule has 7 rings (SSSR count). The van der Waals surface area contributed by atoms with Crippen molar-refractivity contribution in [2.24, 2.45) is 52.6 Å².